The topological polar surface area (TPSA) is 80.1 Å². The van der Waals surface area contributed by atoms with Gasteiger partial charge in [0.2, 0.25) is 0 Å². The number of amides is 1. The van der Waals surface area contributed by atoms with Crippen molar-refractivity contribution in [2.45, 2.75) is 6.42 Å². The van der Waals surface area contributed by atoms with Gasteiger partial charge in [-0.2, -0.15) is 0 Å². The van der Waals surface area contributed by atoms with Crippen molar-refractivity contribution in [1.29, 1.82) is 0 Å². The molecule has 0 aliphatic heterocycles. The van der Waals surface area contributed by atoms with Gasteiger partial charge >= 0.3 is 6.09 Å². The molecule has 0 bridgehead atoms. The SMILES string of the molecule is NCCc1c[nH]c2ccc(OC(=O)Nc3ccc(Cl)cc3)cc12. The fourth-order valence-corrected chi connectivity index (χ4v) is 2.49. The van der Waals surface area contributed by atoms with Crippen molar-refractivity contribution < 1.29 is 9.53 Å². The average molecular weight is 330 g/mol. The monoisotopic (exact) mass is 329 g/mol. The Bertz CT molecular complexity index is 827. The van der Waals surface area contributed by atoms with Crippen LogP contribution < -0.4 is 15.8 Å². The molecule has 4 N–H and O–H groups in total. The summed E-state index contributed by atoms with van der Waals surface area (Å²) in [6.07, 6.45) is 2.14. The van der Waals surface area contributed by atoms with Gasteiger partial charge in [0, 0.05) is 27.8 Å². The number of rotatable bonds is 4. The molecule has 0 aliphatic carbocycles. The highest BCUT2D eigenvalue weighted by atomic mass is 35.5. The molecule has 0 saturated heterocycles. The lowest BCUT2D eigenvalue weighted by Gasteiger charge is -2.07. The highest BCUT2D eigenvalue weighted by molar-refractivity contribution is 6.30. The van der Waals surface area contributed by atoms with Crippen LogP contribution in [0.2, 0.25) is 5.02 Å². The third-order valence-corrected chi connectivity index (χ3v) is 3.71. The first-order valence-electron chi connectivity index (χ1n) is 7.20. The summed E-state index contributed by atoms with van der Waals surface area (Å²) in [5.74, 6) is 0.474. The number of hydrogen-bond acceptors (Lipinski definition) is 3. The molecule has 118 valence electrons. The second-order valence-corrected chi connectivity index (χ2v) is 5.52. The van der Waals surface area contributed by atoms with E-state index in [1.807, 2.05) is 18.3 Å². The molecule has 5 nitrogen and oxygen atoms in total. The third-order valence-electron chi connectivity index (χ3n) is 3.45. The van der Waals surface area contributed by atoms with E-state index >= 15 is 0 Å². The number of carbonyl (C=O) groups is 1. The Morgan fingerprint density at radius 3 is 2.74 bits per heavy atom. The van der Waals surface area contributed by atoms with Crippen LogP contribution in [-0.2, 0) is 6.42 Å². The van der Waals surface area contributed by atoms with Crippen LogP contribution >= 0.6 is 11.6 Å². The van der Waals surface area contributed by atoms with E-state index in [-0.39, 0.29) is 0 Å². The Balaban J connectivity index is 1.73. The summed E-state index contributed by atoms with van der Waals surface area (Å²) in [6, 6.07) is 12.3. The smallest absolute Gasteiger partial charge is 0.410 e. The zero-order chi connectivity index (χ0) is 16.2. The predicted molar refractivity (Wildman–Crippen MR) is 92.2 cm³/mol. The molecule has 0 atom stereocenters. The fourth-order valence-electron chi connectivity index (χ4n) is 2.37. The van der Waals surface area contributed by atoms with Crippen molar-refractivity contribution in [3.63, 3.8) is 0 Å². The standard InChI is InChI=1S/C17H16ClN3O2/c18-12-1-3-13(4-2-12)21-17(22)23-14-5-6-16-15(9-14)11(7-8-19)10-20-16/h1-6,9-10,20H,7-8,19H2,(H,21,22). The second-order valence-electron chi connectivity index (χ2n) is 5.08. The van der Waals surface area contributed by atoms with E-state index in [0.717, 1.165) is 22.9 Å². The van der Waals surface area contributed by atoms with Gasteiger partial charge in [-0.25, -0.2) is 4.79 Å². The Labute approximate surface area is 138 Å². The highest BCUT2D eigenvalue weighted by Gasteiger charge is 2.08. The quantitative estimate of drug-likeness (QED) is 0.678. The molecule has 3 aromatic rings. The molecule has 2 aromatic carbocycles. The molecule has 1 heterocycles. The Morgan fingerprint density at radius 2 is 2.00 bits per heavy atom. The molecule has 0 fully saturated rings. The van der Waals surface area contributed by atoms with E-state index in [0.29, 0.717) is 23.0 Å². The second kappa shape index (κ2) is 6.73. The van der Waals surface area contributed by atoms with Crippen molar-refractivity contribution in [1.82, 2.24) is 4.98 Å². The first-order chi connectivity index (χ1) is 11.2. The van der Waals surface area contributed by atoms with E-state index in [1.54, 1.807) is 30.3 Å². The largest absolute Gasteiger partial charge is 0.417 e. The molecule has 0 radical (unpaired) electrons. The van der Waals surface area contributed by atoms with Crippen LogP contribution in [0.15, 0.2) is 48.7 Å². The third kappa shape index (κ3) is 3.64. The minimum absolute atomic E-state index is 0.474. The van der Waals surface area contributed by atoms with Crippen LogP contribution in [0.1, 0.15) is 5.56 Å². The number of halogens is 1. The van der Waals surface area contributed by atoms with Gasteiger partial charge in [0.05, 0.1) is 0 Å². The maximum absolute atomic E-state index is 12.0. The van der Waals surface area contributed by atoms with Gasteiger partial charge in [0.15, 0.2) is 0 Å². The number of ether oxygens (including phenoxy) is 1. The van der Waals surface area contributed by atoms with Crippen molar-refractivity contribution in [3.05, 3.63) is 59.2 Å². The molecular formula is C17H16ClN3O2. The number of benzene rings is 2. The van der Waals surface area contributed by atoms with Crippen LogP contribution in [0.5, 0.6) is 5.75 Å². The van der Waals surface area contributed by atoms with E-state index in [2.05, 4.69) is 10.3 Å². The predicted octanol–water partition coefficient (Wildman–Crippen LogP) is 3.93. The number of H-pyrrole nitrogens is 1. The number of aromatic amines is 1. The Hall–Kier alpha value is -2.50. The number of aromatic nitrogens is 1. The summed E-state index contributed by atoms with van der Waals surface area (Å²) in [6.45, 7) is 0.565. The summed E-state index contributed by atoms with van der Waals surface area (Å²) in [5, 5.41) is 4.26. The molecule has 0 saturated carbocycles. The lowest BCUT2D eigenvalue weighted by molar-refractivity contribution is 0.215. The first kappa shape index (κ1) is 15.4. The lowest BCUT2D eigenvalue weighted by Crippen LogP contribution is -2.16. The summed E-state index contributed by atoms with van der Waals surface area (Å²) in [4.78, 5) is 15.1. The average Bonchev–Trinajstić information content (AvgIpc) is 2.93. The van der Waals surface area contributed by atoms with Gasteiger partial charge in [-0.3, -0.25) is 5.32 Å². The van der Waals surface area contributed by atoms with Crippen LogP contribution in [0.3, 0.4) is 0 Å². The van der Waals surface area contributed by atoms with Crippen LogP contribution in [0.25, 0.3) is 10.9 Å². The summed E-state index contributed by atoms with van der Waals surface area (Å²) < 4.78 is 5.33. The molecule has 23 heavy (non-hydrogen) atoms. The summed E-state index contributed by atoms with van der Waals surface area (Å²) in [5.41, 5.74) is 8.31. The van der Waals surface area contributed by atoms with Gasteiger partial charge in [-0.15, -0.1) is 0 Å². The number of anilines is 1. The number of fused-ring (bicyclic) bond motifs is 1. The highest BCUT2D eigenvalue weighted by Crippen LogP contribution is 2.24. The van der Waals surface area contributed by atoms with Gasteiger partial charge in [-0.05, 0) is 61.0 Å². The first-order valence-corrected chi connectivity index (χ1v) is 7.58. The van der Waals surface area contributed by atoms with E-state index in [9.17, 15) is 4.79 Å². The number of nitrogens with one attached hydrogen (secondary N) is 2. The molecule has 3 rings (SSSR count). The molecular weight excluding hydrogens is 314 g/mol. The maximum atomic E-state index is 12.0. The Kier molecular flexibility index (Phi) is 4.50. The van der Waals surface area contributed by atoms with Crippen molar-refractivity contribution >= 4 is 34.3 Å². The molecule has 0 unspecified atom stereocenters. The van der Waals surface area contributed by atoms with Gasteiger partial charge in [-0.1, -0.05) is 11.6 Å². The number of hydrogen-bond donors (Lipinski definition) is 3. The molecule has 1 aromatic heterocycles. The summed E-state index contributed by atoms with van der Waals surface area (Å²) in [7, 11) is 0. The van der Waals surface area contributed by atoms with Crippen molar-refractivity contribution in [3.8, 4) is 5.75 Å². The summed E-state index contributed by atoms with van der Waals surface area (Å²) >= 11 is 5.81. The van der Waals surface area contributed by atoms with E-state index in [4.69, 9.17) is 22.1 Å². The van der Waals surface area contributed by atoms with Gasteiger partial charge < -0.3 is 15.5 Å². The van der Waals surface area contributed by atoms with Gasteiger partial charge in [0.25, 0.3) is 0 Å². The molecule has 6 heteroatoms. The minimum Gasteiger partial charge on any atom is -0.410 e. The zero-order valence-electron chi connectivity index (χ0n) is 12.3. The molecule has 0 spiro atoms. The van der Waals surface area contributed by atoms with Crippen LogP contribution in [-0.4, -0.2) is 17.6 Å². The van der Waals surface area contributed by atoms with Crippen molar-refractivity contribution in [2.75, 3.05) is 11.9 Å². The fraction of sp³-hybridized carbons (Fsp3) is 0.118. The number of carbonyl (C=O) groups excluding carboxylic acids is 1. The zero-order valence-corrected chi connectivity index (χ0v) is 13.1. The Morgan fingerprint density at radius 1 is 1.22 bits per heavy atom. The van der Waals surface area contributed by atoms with Crippen LogP contribution in [0, 0.1) is 0 Å². The van der Waals surface area contributed by atoms with Crippen LogP contribution in [0.4, 0.5) is 10.5 Å². The van der Waals surface area contributed by atoms with E-state index < -0.39 is 6.09 Å². The number of nitrogens with two attached hydrogens (primary N) is 1. The van der Waals surface area contributed by atoms with Crippen molar-refractivity contribution in [2.24, 2.45) is 5.73 Å². The lowest BCUT2D eigenvalue weighted by atomic mass is 10.1. The minimum atomic E-state index is -0.553. The normalized spacial score (nSPS) is 10.7. The maximum Gasteiger partial charge on any atom is 0.417 e. The van der Waals surface area contributed by atoms with Gasteiger partial charge in [0.1, 0.15) is 5.75 Å². The molecule has 0 aliphatic rings. The molecule has 1 amide bonds. The van der Waals surface area contributed by atoms with E-state index in [1.165, 1.54) is 0 Å².